The molecule has 4 aromatic rings. The normalized spacial score (nSPS) is 11.2. The van der Waals surface area contributed by atoms with E-state index in [0.29, 0.717) is 27.8 Å². The molecule has 3 aromatic heterocycles. The highest BCUT2D eigenvalue weighted by Gasteiger charge is 2.21. The second kappa shape index (κ2) is 6.03. The quantitative estimate of drug-likeness (QED) is 0.594. The first kappa shape index (κ1) is 16.4. The molecule has 0 fully saturated rings. The van der Waals surface area contributed by atoms with Crippen molar-refractivity contribution in [2.45, 2.75) is 6.92 Å². The number of nitrogens with two attached hydrogens (primary N) is 1. The molecule has 0 saturated heterocycles. The van der Waals surface area contributed by atoms with Gasteiger partial charge in [-0.2, -0.15) is 4.98 Å². The van der Waals surface area contributed by atoms with E-state index in [0.717, 1.165) is 22.1 Å². The Hall–Kier alpha value is -3.06. The number of imidazole rings is 1. The zero-order chi connectivity index (χ0) is 18.4. The third-order valence-corrected chi connectivity index (χ3v) is 4.75. The van der Waals surface area contributed by atoms with Gasteiger partial charge in [-0.15, -0.1) is 0 Å². The maximum Gasteiger partial charge on any atom is 0.221 e. The molecule has 1 aromatic carbocycles. The minimum Gasteiger partial charge on any atom is -0.496 e. The lowest BCUT2D eigenvalue weighted by Gasteiger charge is -2.17. The molecule has 0 aliphatic carbocycles. The molecule has 26 heavy (non-hydrogen) atoms. The van der Waals surface area contributed by atoms with Gasteiger partial charge >= 0.3 is 0 Å². The number of hydrogen-bond donors (Lipinski definition) is 1. The van der Waals surface area contributed by atoms with Crippen LogP contribution in [0, 0.1) is 6.92 Å². The number of nitrogen functional groups attached to an aromatic ring is 1. The van der Waals surface area contributed by atoms with Gasteiger partial charge in [0.05, 0.1) is 19.2 Å². The Labute approximate surface area is 154 Å². The van der Waals surface area contributed by atoms with Crippen LogP contribution >= 0.6 is 11.6 Å². The van der Waals surface area contributed by atoms with Crippen molar-refractivity contribution in [2.24, 2.45) is 0 Å². The standard InChI is InChI=1S/C18H16ClN5O2/c1-9-12(25-2)7-13(26-3)15(19)14(9)11-6-10-8-22-18(20)23-16(10)24-5-4-21-17(11)24/h4-8H,1-3H3,(H2,20,22,23). The lowest BCUT2D eigenvalue weighted by atomic mass is 9.99. The Bertz CT molecular complexity index is 1130. The summed E-state index contributed by atoms with van der Waals surface area (Å²) in [5.74, 6) is 1.42. The number of methoxy groups -OCH3 is 2. The van der Waals surface area contributed by atoms with Gasteiger partial charge in [0.15, 0.2) is 5.65 Å². The minimum absolute atomic E-state index is 0.206. The first-order chi connectivity index (χ1) is 12.5. The van der Waals surface area contributed by atoms with E-state index in [1.54, 1.807) is 32.7 Å². The molecule has 7 nitrogen and oxygen atoms in total. The minimum atomic E-state index is 0.206. The van der Waals surface area contributed by atoms with Crippen LogP contribution in [0.2, 0.25) is 5.02 Å². The predicted molar refractivity (Wildman–Crippen MR) is 101 cm³/mol. The summed E-state index contributed by atoms with van der Waals surface area (Å²) >= 11 is 6.65. The van der Waals surface area contributed by atoms with Crippen LogP contribution in [0.4, 0.5) is 5.95 Å². The second-order valence-corrected chi connectivity index (χ2v) is 6.16. The Balaban J connectivity index is 2.15. The summed E-state index contributed by atoms with van der Waals surface area (Å²) in [6, 6.07) is 3.72. The van der Waals surface area contributed by atoms with Crippen LogP contribution < -0.4 is 15.2 Å². The fourth-order valence-corrected chi connectivity index (χ4v) is 3.53. The van der Waals surface area contributed by atoms with Crippen molar-refractivity contribution in [1.29, 1.82) is 0 Å². The first-order valence-electron chi connectivity index (χ1n) is 7.85. The number of hydrogen-bond acceptors (Lipinski definition) is 6. The van der Waals surface area contributed by atoms with Crippen LogP contribution in [0.5, 0.6) is 11.5 Å². The number of ether oxygens (including phenoxy) is 2. The summed E-state index contributed by atoms with van der Waals surface area (Å²) in [4.78, 5) is 12.9. The van der Waals surface area contributed by atoms with Crippen LogP contribution in [0.25, 0.3) is 27.8 Å². The fourth-order valence-electron chi connectivity index (χ4n) is 3.15. The van der Waals surface area contributed by atoms with Crippen molar-refractivity contribution in [3.8, 4) is 22.6 Å². The lowest BCUT2D eigenvalue weighted by Crippen LogP contribution is -2.01. The molecule has 132 valence electrons. The van der Waals surface area contributed by atoms with Crippen molar-refractivity contribution in [3.05, 3.63) is 41.3 Å². The first-order valence-corrected chi connectivity index (χ1v) is 8.22. The zero-order valence-electron chi connectivity index (χ0n) is 14.4. The molecule has 3 heterocycles. The monoisotopic (exact) mass is 369 g/mol. The zero-order valence-corrected chi connectivity index (χ0v) is 15.2. The van der Waals surface area contributed by atoms with Crippen molar-refractivity contribution in [3.63, 3.8) is 0 Å². The summed E-state index contributed by atoms with van der Waals surface area (Å²) in [5.41, 5.74) is 9.64. The lowest BCUT2D eigenvalue weighted by molar-refractivity contribution is 0.393. The number of pyridine rings is 1. The van der Waals surface area contributed by atoms with Gasteiger partial charge in [-0.25, -0.2) is 9.97 Å². The maximum atomic E-state index is 6.65. The van der Waals surface area contributed by atoms with Gasteiger partial charge in [-0.3, -0.25) is 4.40 Å². The van der Waals surface area contributed by atoms with Gasteiger partial charge in [-0.1, -0.05) is 11.6 Å². The Morgan fingerprint density at radius 1 is 1.08 bits per heavy atom. The van der Waals surface area contributed by atoms with Crippen molar-refractivity contribution >= 4 is 34.2 Å². The summed E-state index contributed by atoms with van der Waals surface area (Å²) in [7, 11) is 3.18. The summed E-state index contributed by atoms with van der Waals surface area (Å²) in [6.07, 6.45) is 5.21. The van der Waals surface area contributed by atoms with E-state index in [1.807, 2.05) is 23.6 Å². The number of benzene rings is 1. The fraction of sp³-hybridized carbons (Fsp3) is 0.167. The smallest absolute Gasteiger partial charge is 0.221 e. The van der Waals surface area contributed by atoms with Crippen LogP contribution in [-0.2, 0) is 0 Å². The largest absolute Gasteiger partial charge is 0.496 e. The Kier molecular flexibility index (Phi) is 3.81. The van der Waals surface area contributed by atoms with Crippen molar-refractivity contribution < 1.29 is 9.47 Å². The molecule has 2 N–H and O–H groups in total. The third kappa shape index (κ3) is 2.32. The van der Waals surface area contributed by atoms with E-state index in [4.69, 9.17) is 26.8 Å². The molecule has 0 amide bonds. The number of halogens is 1. The SMILES string of the molecule is COc1cc(OC)c(Cl)c(-c2cc3cnc(N)nc3n3ccnc23)c1C. The molecular formula is C18H16ClN5O2. The van der Waals surface area contributed by atoms with E-state index in [9.17, 15) is 0 Å². The molecule has 0 radical (unpaired) electrons. The van der Waals surface area contributed by atoms with E-state index in [-0.39, 0.29) is 5.95 Å². The predicted octanol–water partition coefficient (Wildman–Crippen LogP) is 3.51. The molecule has 0 spiro atoms. The van der Waals surface area contributed by atoms with Gasteiger partial charge in [0.1, 0.15) is 17.1 Å². The summed E-state index contributed by atoms with van der Waals surface area (Å²) in [5, 5.41) is 1.31. The van der Waals surface area contributed by atoms with Gasteiger partial charge < -0.3 is 15.2 Å². The molecule has 8 heteroatoms. The van der Waals surface area contributed by atoms with Crippen LogP contribution in [0.1, 0.15) is 5.56 Å². The van der Waals surface area contributed by atoms with Crippen LogP contribution in [0.15, 0.2) is 30.7 Å². The number of rotatable bonds is 3. The molecular weight excluding hydrogens is 354 g/mol. The topological polar surface area (TPSA) is 87.6 Å². The van der Waals surface area contributed by atoms with Gasteiger partial charge in [0.2, 0.25) is 5.95 Å². The Morgan fingerprint density at radius 2 is 1.85 bits per heavy atom. The maximum absolute atomic E-state index is 6.65. The molecule has 0 saturated carbocycles. The number of aromatic nitrogens is 4. The van der Waals surface area contributed by atoms with Crippen molar-refractivity contribution in [2.75, 3.05) is 20.0 Å². The molecule has 4 rings (SSSR count). The Morgan fingerprint density at radius 3 is 2.58 bits per heavy atom. The summed E-state index contributed by atoms with van der Waals surface area (Å²) < 4.78 is 12.8. The average molecular weight is 370 g/mol. The summed E-state index contributed by atoms with van der Waals surface area (Å²) in [6.45, 7) is 1.95. The van der Waals surface area contributed by atoms with Gasteiger partial charge in [-0.05, 0) is 13.0 Å². The molecule has 0 bridgehead atoms. The van der Waals surface area contributed by atoms with E-state index >= 15 is 0 Å². The van der Waals surface area contributed by atoms with E-state index < -0.39 is 0 Å². The average Bonchev–Trinajstić information content (AvgIpc) is 3.12. The van der Waals surface area contributed by atoms with E-state index in [2.05, 4.69) is 15.0 Å². The van der Waals surface area contributed by atoms with Gasteiger partial charge in [0, 0.05) is 46.7 Å². The third-order valence-electron chi connectivity index (χ3n) is 4.38. The van der Waals surface area contributed by atoms with Crippen molar-refractivity contribution in [1.82, 2.24) is 19.4 Å². The van der Waals surface area contributed by atoms with E-state index in [1.165, 1.54) is 0 Å². The molecule has 0 unspecified atom stereocenters. The molecule has 0 aliphatic heterocycles. The van der Waals surface area contributed by atoms with Crippen LogP contribution in [-0.4, -0.2) is 33.6 Å². The highest BCUT2D eigenvalue weighted by Crippen LogP contribution is 2.44. The highest BCUT2D eigenvalue weighted by atomic mass is 35.5. The van der Waals surface area contributed by atoms with Crippen LogP contribution in [0.3, 0.4) is 0 Å². The van der Waals surface area contributed by atoms with Gasteiger partial charge in [0.25, 0.3) is 0 Å². The second-order valence-electron chi connectivity index (χ2n) is 5.78. The molecule has 0 atom stereocenters. The molecule has 0 aliphatic rings. The number of anilines is 1. The number of fused-ring (bicyclic) bond motifs is 3. The number of nitrogens with zero attached hydrogens (tertiary/aromatic N) is 4. The highest BCUT2D eigenvalue weighted by molar-refractivity contribution is 6.35.